The van der Waals surface area contributed by atoms with Crippen LogP contribution in [0, 0.1) is 0 Å². The standard InChI is InChI=1S/C14H22N4/c1-2-3-8-17(10-7-15)11-13-12-18-9-5-4-6-14(18)16-13/h4-6,9,12H,2-3,7-8,10-11,15H2,1H3. The Kier molecular flexibility index (Phi) is 4.73. The third-order valence-corrected chi connectivity index (χ3v) is 3.07. The van der Waals surface area contributed by atoms with Crippen molar-refractivity contribution < 1.29 is 0 Å². The molecule has 0 fully saturated rings. The lowest BCUT2D eigenvalue weighted by molar-refractivity contribution is 0.266. The second kappa shape index (κ2) is 6.52. The average molecular weight is 246 g/mol. The summed E-state index contributed by atoms with van der Waals surface area (Å²) >= 11 is 0. The molecule has 4 nitrogen and oxygen atoms in total. The summed E-state index contributed by atoms with van der Waals surface area (Å²) in [5.41, 5.74) is 7.79. The van der Waals surface area contributed by atoms with Crippen LogP contribution in [0.15, 0.2) is 30.6 Å². The Morgan fingerprint density at radius 1 is 1.33 bits per heavy atom. The van der Waals surface area contributed by atoms with Gasteiger partial charge in [0.1, 0.15) is 5.65 Å². The van der Waals surface area contributed by atoms with Crippen LogP contribution in [0.4, 0.5) is 0 Å². The highest BCUT2D eigenvalue weighted by molar-refractivity contribution is 5.39. The van der Waals surface area contributed by atoms with E-state index in [9.17, 15) is 0 Å². The highest BCUT2D eigenvalue weighted by atomic mass is 15.1. The van der Waals surface area contributed by atoms with Crippen LogP contribution in [0.5, 0.6) is 0 Å². The first kappa shape index (κ1) is 13.1. The van der Waals surface area contributed by atoms with Gasteiger partial charge in [-0.1, -0.05) is 19.4 Å². The quantitative estimate of drug-likeness (QED) is 0.811. The highest BCUT2D eigenvalue weighted by Gasteiger charge is 2.07. The zero-order valence-corrected chi connectivity index (χ0v) is 11.0. The van der Waals surface area contributed by atoms with E-state index in [2.05, 4.69) is 27.4 Å². The monoisotopic (exact) mass is 246 g/mol. The molecule has 0 bridgehead atoms. The molecule has 18 heavy (non-hydrogen) atoms. The number of aromatic nitrogens is 2. The lowest BCUT2D eigenvalue weighted by Gasteiger charge is -2.19. The SMILES string of the molecule is CCCCN(CCN)Cc1cn2ccccc2n1. The van der Waals surface area contributed by atoms with Crippen LogP contribution in [0.2, 0.25) is 0 Å². The van der Waals surface area contributed by atoms with E-state index >= 15 is 0 Å². The molecule has 0 spiro atoms. The van der Waals surface area contributed by atoms with E-state index in [0.29, 0.717) is 6.54 Å². The number of rotatable bonds is 7. The molecular weight excluding hydrogens is 224 g/mol. The van der Waals surface area contributed by atoms with Crippen molar-refractivity contribution in [2.45, 2.75) is 26.3 Å². The molecule has 4 heteroatoms. The van der Waals surface area contributed by atoms with E-state index in [4.69, 9.17) is 5.73 Å². The van der Waals surface area contributed by atoms with Crippen LogP contribution in [0.3, 0.4) is 0 Å². The molecule has 2 heterocycles. The van der Waals surface area contributed by atoms with Crippen molar-refractivity contribution in [3.8, 4) is 0 Å². The highest BCUT2D eigenvalue weighted by Crippen LogP contribution is 2.08. The molecule has 0 aliphatic carbocycles. The Labute approximate surface area is 108 Å². The Bertz CT molecular complexity index is 444. The van der Waals surface area contributed by atoms with E-state index in [-0.39, 0.29) is 0 Å². The minimum Gasteiger partial charge on any atom is -0.329 e. The number of hydrogen-bond donors (Lipinski definition) is 1. The number of nitrogens with two attached hydrogens (primary N) is 1. The lowest BCUT2D eigenvalue weighted by atomic mass is 10.3. The van der Waals surface area contributed by atoms with Gasteiger partial charge in [0.25, 0.3) is 0 Å². The van der Waals surface area contributed by atoms with Gasteiger partial charge in [-0.05, 0) is 25.1 Å². The second-order valence-electron chi connectivity index (χ2n) is 4.62. The average Bonchev–Trinajstić information content (AvgIpc) is 2.78. The van der Waals surface area contributed by atoms with Crippen LogP contribution >= 0.6 is 0 Å². The predicted molar refractivity (Wildman–Crippen MR) is 74.4 cm³/mol. The summed E-state index contributed by atoms with van der Waals surface area (Å²) in [6.07, 6.45) is 6.57. The third kappa shape index (κ3) is 3.31. The molecule has 98 valence electrons. The normalized spacial score (nSPS) is 11.5. The zero-order valence-electron chi connectivity index (χ0n) is 11.0. The van der Waals surface area contributed by atoms with Gasteiger partial charge in [-0.2, -0.15) is 0 Å². The fraction of sp³-hybridized carbons (Fsp3) is 0.500. The Morgan fingerprint density at radius 2 is 2.22 bits per heavy atom. The number of imidazole rings is 1. The summed E-state index contributed by atoms with van der Waals surface area (Å²) in [5.74, 6) is 0. The van der Waals surface area contributed by atoms with E-state index in [1.807, 2.05) is 24.4 Å². The first-order valence-electron chi connectivity index (χ1n) is 6.68. The van der Waals surface area contributed by atoms with Gasteiger partial charge in [0.2, 0.25) is 0 Å². The maximum absolute atomic E-state index is 5.66. The predicted octanol–water partition coefficient (Wildman–Crippen LogP) is 1.90. The van der Waals surface area contributed by atoms with E-state index in [0.717, 1.165) is 31.0 Å². The van der Waals surface area contributed by atoms with Crippen molar-refractivity contribution in [3.05, 3.63) is 36.3 Å². The maximum atomic E-state index is 5.66. The number of unbranched alkanes of at least 4 members (excludes halogenated alkanes) is 1. The molecule has 0 aromatic carbocycles. The lowest BCUT2D eigenvalue weighted by Crippen LogP contribution is -2.30. The van der Waals surface area contributed by atoms with Gasteiger partial charge in [-0.3, -0.25) is 4.90 Å². The second-order valence-corrected chi connectivity index (χ2v) is 4.62. The summed E-state index contributed by atoms with van der Waals surface area (Å²) in [7, 11) is 0. The molecule has 0 atom stereocenters. The van der Waals surface area contributed by atoms with E-state index in [1.165, 1.54) is 12.8 Å². The summed E-state index contributed by atoms with van der Waals surface area (Å²) in [4.78, 5) is 7.00. The van der Waals surface area contributed by atoms with Crippen molar-refractivity contribution in [1.82, 2.24) is 14.3 Å². The molecular formula is C14H22N4. The van der Waals surface area contributed by atoms with E-state index in [1.54, 1.807) is 0 Å². The Balaban J connectivity index is 2.05. The van der Waals surface area contributed by atoms with Crippen molar-refractivity contribution >= 4 is 5.65 Å². The zero-order chi connectivity index (χ0) is 12.8. The van der Waals surface area contributed by atoms with Gasteiger partial charge < -0.3 is 10.1 Å². The topological polar surface area (TPSA) is 46.6 Å². The minimum atomic E-state index is 0.705. The van der Waals surface area contributed by atoms with Gasteiger partial charge >= 0.3 is 0 Å². The molecule has 0 amide bonds. The number of fused-ring (bicyclic) bond motifs is 1. The number of nitrogens with zero attached hydrogens (tertiary/aromatic N) is 3. The fourth-order valence-corrected chi connectivity index (χ4v) is 2.13. The van der Waals surface area contributed by atoms with Crippen LogP contribution in [0.1, 0.15) is 25.5 Å². The Hall–Kier alpha value is -1.39. The van der Waals surface area contributed by atoms with Crippen LogP contribution in [-0.2, 0) is 6.54 Å². The first-order chi connectivity index (χ1) is 8.83. The number of pyridine rings is 1. The molecule has 2 N–H and O–H groups in total. The molecule has 2 aromatic heterocycles. The van der Waals surface area contributed by atoms with Crippen molar-refractivity contribution in [2.75, 3.05) is 19.6 Å². The largest absolute Gasteiger partial charge is 0.329 e. The molecule has 0 saturated carbocycles. The van der Waals surface area contributed by atoms with Crippen molar-refractivity contribution in [3.63, 3.8) is 0 Å². The first-order valence-corrected chi connectivity index (χ1v) is 6.68. The fourth-order valence-electron chi connectivity index (χ4n) is 2.13. The molecule has 0 aliphatic heterocycles. The molecule has 0 radical (unpaired) electrons. The number of hydrogen-bond acceptors (Lipinski definition) is 3. The maximum Gasteiger partial charge on any atom is 0.137 e. The molecule has 2 rings (SSSR count). The molecule has 0 aliphatic rings. The van der Waals surface area contributed by atoms with Crippen LogP contribution in [-0.4, -0.2) is 33.9 Å². The van der Waals surface area contributed by atoms with Gasteiger partial charge in [-0.15, -0.1) is 0 Å². The molecule has 2 aromatic rings. The summed E-state index contributed by atoms with van der Waals surface area (Å²) < 4.78 is 2.07. The summed E-state index contributed by atoms with van der Waals surface area (Å²) in [6, 6.07) is 6.07. The van der Waals surface area contributed by atoms with Gasteiger partial charge in [0.15, 0.2) is 0 Å². The van der Waals surface area contributed by atoms with Crippen LogP contribution in [0.25, 0.3) is 5.65 Å². The third-order valence-electron chi connectivity index (χ3n) is 3.07. The van der Waals surface area contributed by atoms with Crippen molar-refractivity contribution in [1.29, 1.82) is 0 Å². The Morgan fingerprint density at radius 3 is 2.94 bits per heavy atom. The van der Waals surface area contributed by atoms with Gasteiger partial charge in [0, 0.05) is 32.0 Å². The minimum absolute atomic E-state index is 0.705. The molecule has 0 saturated heterocycles. The van der Waals surface area contributed by atoms with Crippen molar-refractivity contribution in [2.24, 2.45) is 5.73 Å². The van der Waals surface area contributed by atoms with Crippen LogP contribution < -0.4 is 5.73 Å². The summed E-state index contributed by atoms with van der Waals surface area (Å²) in [5, 5.41) is 0. The van der Waals surface area contributed by atoms with Gasteiger partial charge in [0.05, 0.1) is 5.69 Å². The summed E-state index contributed by atoms with van der Waals surface area (Å²) in [6.45, 7) is 5.84. The smallest absolute Gasteiger partial charge is 0.137 e. The van der Waals surface area contributed by atoms with Gasteiger partial charge in [-0.25, -0.2) is 4.98 Å². The molecule has 0 unspecified atom stereocenters. The van der Waals surface area contributed by atoms with E-state index < -0.39 is 0 Å².